The number of ether oxygens (including phenoxy) is 1. The van der Waals surface area contributed by atoms with E-state index in [4.69, 9.17) is 4.74 Å². The Hall–Kier alpha value is -3.07. The highest BCUT2D eigenvalue weighted by Gasteiger charge is 2.22. The van der Waals surface area contributed by atoms with Crippen LogP contribution in [0.4, 0.5) is 5.69 Å². The molecule has 0 aliphatic carbocycles. The smallest absolute Gasteiger partial charge is 0.262 e. The molecule has 0 atom stereocenters. The Labute approximate surface area is 180 Å². The highest BCUT2D eigenvalue weighted by atomic mass is 16.5. The molecule has 0 aliphatic heterocycles. The Morgan fingerprint density at radius 1 is 0.900 bits per heavy atom. The summed E-state index contributed by atoms with van der Waals surface area (Å²) in [4.78, 5) is 12.5. The molecule has 0 saturated heterocycles. The summed E-state index contributed by atoms with van der Waals surface area (Å²) in [5.74, 6) is 0.869. The number of aryl methyl sites for hydroxylation is 1. The average molecular weight is 402 g/mol. The van der Waals surface area contributed by atoms with Crippen LogP contribution < -0.4 is 10.1 Å². The molecule has 3 nitrogen and oxygen atoms in total. The maximum absolute atomic E-state index is 12.5. The van der Waals surface area contributed by atoms with Gasteiger partial charge in [-0.2, -0.15) is 0 Å². The predicted molar refractivity (Wildman–Crippen MR) is 124 cm³/mol. The Morgan fingerprint density at radius 3 is 2.17 bits per heavy atom. The topological polar surface area (TPSA) is 38.3 Å². The number of para-hydroxylation sites is 1. The highest BCUT2D eigenvalue weighted by Crippen LogP contribution is 2.32. The van der Waals surface area contributed by atoms with Gasteiger partial charge in [0.15, 0.2) is 6.61 Å². The summed E-state index contributed by atoms with van der Waals surface area (Å²) >= 11 is 0. The molecular formula is C27H31NO2. The second kappa shape index (κ2) is 9.17. The third-order valence-corrected chi connectivity index (χ3v) is 5.63. The average Bonchev–Trinajstić information content (AvgIpc) is 2.74. The van der Waals surface area contributed by atoms with Crippen LogP contribution in [-0.4, -0.2) is 12.5 Å². The van der Waals surface area contributed by atoms with Crippen molar-refractivity contribution >= 4 is 11.6 Å². The zero-order chi connectivity index (χ0) is 21.7. The standard InChI is InChI=1S/C27H31NO2/c1-19(2)24-13-9-10-20(3)26(24)28-25(29)18-30-23-16-14-22(15-17-23)27(4,5)21-11-7-6-8-12-21/h6-17,19H,18H2,1-5H3,(H,28,29). The van der Waals surface area contributed by atoms with E-state index in [1.807, 2.05) is 37.3 Å². The van der Waals surface area contributed by atoms with E-state index in [-0.39, 0.29) is 17.9 Å². The normalized spacial score (nSPS) is 11.4. The van der Waals surface area contributed by atoms with Crippen LogP contribution in [0.1, 0.15) is 55.9 Å². The second-order valence-electron chi connectivity index (χ2n) is 8.55. The van der Waals surface area contributed by atoms with Gasteiger partial charge < -0.3 is 10.1 Å². The van der Waals surface area contributed by atoms with E-state index in [0.717, 1.165) is 16.8 Å². The number of benzene rings is 3. The zero-order valence-electron chi connectivity index (χ0n) is 18.5. The number of amides is 1. The van der Waals surface area contributed by atoms with Gasteiger partial charge in [0.2, 0.25) is 0 Å². The van der Waals surface area contributed by atoms with Crippen LogP contribution in [-0.2, 0) is 10.2 Å². The van der Waals surface area contributed by atoms with Crippen molar-refractivity contribution < 1.29 is 9.53 Å². The van der Waals surface area contributed by atoms with Crippen molar-refractivity contribution in [2.75, 3.05) is 11.9 Å². The maximum Gasteiger partial charge on any atom is 0.262 e. The van der Waals surface area contributed by atoms with Crippen molar-refractivity contribution in [1.82, 2.24) is 0 Å². The number of carbonyl (C=O) groups is 1. The molecule has 156 valence electrons. The molecule has 3 aromatic rings. The van der Waals surface area contributed by atoms with Gasteiger partial charge in [-0.1, -0.05) is 88.4 Å². The monoisotopic (exact) mass is 401 g/mol. The van der Waals surface area contributed by atoms with Gasteiger partial charge >= 0.3 is 0 Å². The van der Waals surface area contributed by atoms with Crippen molar-refractivity contribution in [3.05, 3.63) is 95.1 Å². The van der Waals surface area contributed by atoms with Crippen molar-refractivity contribution in [3.8, 4) is 5.75 Å². The van der Waals surface area contributed by atoms with E-state index < -0.39 is 0 Å². The summed E-state index contributed by atoms with van der Waals surface area (Å²) in [7, 11) is 0. The van der Waals surface area contributed by atoms with Crippen LogP contribution in [0.2, 0.25) is 0 Å². The minimum atomic E-state index is -0.153. The molecule has 3 rings (SSSR count). The van der Waals surface area contributed by atoms with Gasteiger partial charge in [-0.25, -0.2) is 0 Å². The van der Waals surface area contributed by atoms with E-state index >= 15 is 0 Å². The van der Waals surface area contributed by atoms with Crippen LogP contribution in [0.15, 0.2) is 72.8 Å². The number of rotatable bonds is 7. The van der Waals surface area contributed by atoms with Gasteiger partial charge in [0, 0.05) is 11.1 Å². The van der Waals surface area contributed by atoms with Crippen molar-refractivity contribution in [1.29, 1.82) is 0 Å². The van der Waals surface area contributed by atoms with Gasteiger partial charge in [0.1, 0.15) is 5.75 Å². The quantitative estimate of drug-likeness (QED) is 0.493. The van der Waals surface area contributed by atoms with Gasteiger partial charge in [-0.15, -0.1) is 0 Å². The van der Waals surface area contributed by atoms with Crippen LogP contribution in [0.25, 0.3) is 0 Å². The van der Waals surface area contributed by atoms with Gasteiger partial charge in [-0.3, -0.25) is 4.79 Å². The number of carbonyl (C=O) groups excluding carboxylic acids is 1. The predicted octanol–water partition coefficient (Wildman–Crippen LogP) is 6.46. The Bertz CT molecular complexity index is 989. The van der Waals surface area contributed by atoms with Crippen molar-refractivity contribution in [2.45, 2.75) is 46.0 Å². The molecule has 3 aromatic carbocycles. The molecule has 3 heteroatoms. The summed E-state index contributed by atoms with van der Waals surface area (Å²) in [6, 6.07) is 24.5. The van der Waals surface area contributed by atoms with Crippen LogP contribution in [0.3, 0.4) is 0 Å². The van der Waals surface area contributed by atoms with Gasteiger partial charge in [-0.05, 0) is 47.2 Å². The largest absolute Gasteiger partial charge is 0.484 e. The summed E-state index contributed by atoms with van der Waals surface area (Å²) in [5, 5.41) is 3.02. The number of anilines is 1. The molecule has 30 heavy (non-hydrogen) atoms. The lowest BCUT2D eigenvalue weighted by molar-refractivity contribution is -0.118. The summed E-state index contributed by atoms with van der Waals surface area (Å²) < 4.78 is 5.74. The lowest BCUT2D eigenvalue weighted by Crippen LogP contribution is -2.22. The van der Waals surface area contributed by atoms with Crippen LogP contribution in [0.5, 0.6) is 5.75 Å². The van der Waals surface area contributed by atoms with Gasteiger partial charge in [0.05, 0.1) is 0 Å². The summed E-state index contributed by atoms with van der Waals surface area (Å²) in [6.45, 7) is 10.7. The molecule has 0 spiro atoms. The molecule has 0 bridgehead atoms. The fourth-order valence-corrected chi connectivity index (χ4v) is 3.66. The van der Waals surface area contributed by atoms with E-state index in [9.17, 15) is 4.79 Å². The third kappa shape index (κ3) is 4.91. The Kier molecular flexibility index (Phi) is 6.61. The molecule has 0 saturated carbocycles. The fourth-order valence-electron chi connectivity index (χ4n) is 3.66. The first-order chi connectivity index (χ1) is 14.3. The molecule has 0 aromatic heterocycles. The van der Waals surface area contributed by atoms with Crippen LogP contribution >= 0.6 is 0 Å². The Morgan fingerprint density at radius 2 is 1.53 bits per heavy atom. The van der Waals surface area contributed by atoms with Crippen molar-refractivity contribution in [3.63, 3.8) is 0 Å². The maximum atomic E-state index is 12.5. The number of hydrogen-bond donors (Lipinski definition) is 1. The van der Waals surface area contributed by atoms with Crippen LogP contribution in [0, 0.1) is 6.92 Å². The minimum Gasteiger partial charge on any atom is -0.484 e. The van der Waals surface area contributed by atoms with E-state index in [0.29, 0.717) is 11.7 Å². The second-order valence-corrected chi connectivity index (χ2v) is 8.55. The molecule has 0 heterocycles. The third-order valence-electron chi connectivity index (χ3n) is 5.63. The van der Waals surface area contributed by atoms with E-state index in [2.05, 4.69) is 75.5 Å². The lowest BCUT2D eigenvalue weighted by atomic mass is 9.78. The van der Waals surface area contributed by atoms with Gasteiger partial charge in [0.25, 0.3) is 5.91 Å². The molecular weight excluding hydrogens is 370 g/mol. The molecule has 1 N–H and O–H groups in total. The molecule has 0 fully saturated rings. The first-order valence-electron chi connectivity index (χ1n) is 10.5. The summed E-state index contributed by atoms with van der Waals surface area (Å²) in [5.41, 5.74) is 5.44. The zero-order valence-corrected chi connectivity index (χ0v) is 18.5. The number of hydrogen-bond acceptors (Lipinski definition) is 2. The highest BCUT2D eigenvalue weighted by molar-refractivity contribution is 5.93. The van der Waals surface area contributed by atoms with E-state index in [1.54, 1.807) is 0 Å². The SMILES string of the molecule is Cc1cccc(C(C)C)c1NC(=O)COc1ccc(C(C)(C)c2ccccc2)cc1. The summed E-state index contributed by atoms with van der Waals surface area (Å²) in [6.07, 6.45) is 0. The molecule has 0 radical (unpaired) electrons. The van der Waals surface area contributed by atoms with E-state index in [1.165, 1.54) is 11.1 Å². The fraction of sp³-hybridized carbons (Fsp3) is 0.296. The number of nitrogens with one attached hydrogen (secondary N) is 1. The first kappa shape index (κ1) is 21.6. The molecule has 0 unspecified atom stereocenters. The van der Waals surface area contributed by atoms with Crippen molar-refractivity contribution in [2.24, 2.45) is 0 Å². The lowest BCUT2D eigenvalue weighted by Gasteiger charge is -2.26. The molecule has 1 amide bonds. The Balaban J connectivity index is 1.64. The molecule has 0 aliphatic rings. The minimum absolute atomic E-state index is 0.0205. The first-order valence-corrected chi connectivity index (χ1v) is 10.5.